The Balaban J connectivity index is 3.61. The zero-order chi connectivity index (χ0) is 11.7. The number of hydrogen-bond donors (Lipinski definition) is 0. The van der Waals surface area contributed by atoms with Gasteiger partial charge in [0.05, 0.1) is 6.61 Å². The summed E-state index contributed by atoms with van der Waals surface area (Å²) in [5.41, 5.74) is 0. The van der Waals surface area contributed by atoms with Crippen LogP contribution in [-0.4, -0.2) is 24.6 Å². The summed E-state index contributed by atoms with van der Waals surface area (Å²) in [5.74, 6) is -0.497. The van der Waals surface area contributed by atoms with E-state index in [2.05, 4.69) is 6.92 Å². The number of ether oxygens (including phenoxy) is 2. The van der Waals surface area contributed by atoms with Crippen LogP contribution in [0.2, 0.25) is 0 Å². The van der Waals surface area contributed by atoms with Gasteiger partial charge in [-0.1, -0.05) is 6.92 Å². The van der Waals surface area contributed by atoms with E-state index in [9.17, 15) is 9.59 Å². The van der Waals surface area contributed by atoms with Gasteiger partial charge < -0.3 is 9.47 Å². The van der Waals surface area contributed by atoms with Crippen molar-refractivity contribution in [1.29, 1.82) is 0 Å². The highest BCUT2D eigenvalue weighted by molar-refractivity contribution is 5.69. The maximum atomic E-state index is 11.0. The predicted molar refractivity (Wildman–Crippen MR) is 56.0 cm³/mol. The van der Waals surface area contributed by atoms with Crippen molar-refractivity contribution in [2.24, 2.45) is 0 Å². The molecule has 0 rings (SSSR count). The second-order valence-corrected chi connectivity index (χ2v) is 3.24. The smallest absolute Gasteiger partial charge is 0.305 e. The van der Waals surface area contributed by atoms with Crippen LogP contribution in [0.1, 0.15) is 39.5 Å². The molecule has 0 amide bonds. The molecule has 0 aromatic heterocycles. The van der Waals surface area contributed by atoms with Gasteiger partial charge in [-0.3, -0.25) is 9.59 Å². The first-order chi connectivity index (χ1) is 7.10. The fourth-order valence-electron chi connectivity index (χ4n) is 1.06. The molecule has 87 valence electrons. The summed E-state index contributed by atoms with van der Waals surface area (Å²) in [5, 5.41) is 0. The van der Waals surface area contributed by atoms with E-state index in [4.69, 9.17) is 9.47 Å². The van der Waals surface area contributed by atoms with Gasteiger partial charge in [-0.2, -0.15) is 0 Å². The van der Waals surface area contributed by atoms with Crippen LogP contribution in [-0.2, 0) is 19.1 Å². The van der Waals surface area contributed by atoms with Crippen LogP contribution in [0.5, 0.6) is 0 Å². The Morgan fingerprint density at radius 1 is 1.40 bits per heavy atom. The lowest BCUT2D eigenvalue weighted by molar-refractivity contribution is -0.150. The molecule has 0 aromatic rings. The second kappa shape index (κ2) is 8.26. The first-order valence-electron chi connectivity index (χ1n) is 5.22. The number of rotatable bonds is 7. The van der Waals surface area contributed by atoms with Crippen molar-refractivity contribution in [2.75, 3.05) is 6.61 Å². The van der Waals surface area contributed by atoms with Crippen molar-refractivity contribution in [2.45, 2.75) is 45.6 Å². The van der Waals surface area contributed by atoms with Crippen LogP contribution < -0.4 is 0 Å². The molecular formula is C11H19O4. The highest BCUT2D eigenvalue weighted by Crippen LogP contribution is 2.07. The summed E-state index contributed by atoms with van der Waals surface area (Å²) in [6, 6.07) is 0. The molecule has 0 N–H and O–H groups in total. The first kappa shape index (κ1) is 13.9. The molecule has 0 saturated heterocycles. The molecule has 0 aliphatic carbocycles. The van der Waals surface area contributed by atoms with E-state index in [0.717, 1.165) is 0 Å². The van der Waals surface area contributed by atoms with Crippen molar-refractivity contribution in [3.05, 3.63) is 6.92 Å². The molecule has 1 unspecified atom stereocenters. The van der Waals surface area contributed by atoms with E-state index in [1.807, 2.05) is 0 Å². The number of esters is 2. The normalized spacial score (nSPS) is 11.9. The van der Waals surface area contributed by atoms with E-state index < -0.39 is 0 Å². The molecule has 0 fully saturated rings. The summed E-state index contributed by atoms with van der Waals surface area (Å²) >= 11 is 0. The third kappa shape index (κ3) is 7.97. The fourth-order valence-corrected chi connectivity index (χ4v) is 1.06. The predicted octanol–water partition coefficient (Wildman–Crippen LogP) is 1.88. The van der Waals surface area contributed by atoms with Gasteiger partial charge in [-0.15, -0.1) is 0 Å². The standard InChI is InChI=1S/C11H19O4/c1-4-10(15-11(13)5-2)7-6-8-14-9(3)12/h10H,1,4-8H2,2-3H3. The van der Waals surface area contributed by atoms with Gasteiger partial charge in [0, 0.05) is 13.3 Å². The molecule has 0 spiro atoms. The quantitative estimate of drug-likeness (QED) is 0.480. The Morgan fingerprint density at radius 3 is 2.53 bits per heavy atom. The van der Waals surface area contributed by atoms with E-state index in [1.54, 1.807) is 6.92 Å². The summed E-state index contributed by atoms with van der Waals surface area (Å²) in [7, 11) is 0. The highest BCUT2D eigenvalue weighted by atomic mass is 16.5. The van der Waals surface area contributed by atoms with Crippen LogP contribution in [0, 0.1) is 6.92 Å². The zero-order valence-corrected chi connectivity index (χ0v) is 9.45. The van der Waals surface area contributed by atoms with E-state index in [1.165, 1.54) is 6.92 Å². The van der Waals surface area contributed by atoms with Gasteiger partial charge >= 0.3 is 11.9 Å². The monoisotopic (exact) mass is 215 g/mol. The average Bonchev–Trinajstić information content (AvgIpc) is 2.21. The molecule has 15 heavy (non-hydrogen) atoms. The Bertz CT molecular complexity index is 201. The molecule has 0 aliphatic rings. The van der Waals surface area contributed by atoms with Crippen molar-refractivity contribution in [3.8, 4) is 0 Å². The summed E-state index contributed by atoms with van der Waals surface area (Å²) in [6.45, 7) is 7.20. The highest BCUT2D eigenvalue weighted by Gasteiger charge is 2.10. The Hall–Kier alpha value is -1.06. The van der Waals surface area contributed by atoms with Crippen molar-refractivity contribution in [3.63, 3.8) is 0 Å². The van der Waals surface area contributed by atoms with E-state index in [0.29, 0.717) is 32.3 Å². The molecular weight excluding hydrogens is 196 g/mol. The molecule has 0 bridgehead atoms. The van der Waals surface area contributed by atoms with Crippen LogP contribution in [0.3, 0.4) is 0 Å². The topological polar surface area (TPSA) is 52.6 Å². The second-order valence-electron chi connectivity index (χ2n) is 3.24. The minimum absolute atomic E-state index is 0.159. The molecule has 0 aliphatic heterocycles. The third-order valence-electron chi connectivity index (χ3n) is 1.88. The summed E-state index contributed by atoms with van der Waals surface area (Å²) in [4.78, 5) is 21.4. The number of hydrogen-bond acceptors (Lipinski definition) is 4. The molecule has 0 saturated carbocycles. The lowest BCUT2D eigenvalue weighted by Crippen LogP contribution is -2.17. The third-order valence-corrected chi connectivity index (χ3v) is 1.88. The molecule has 1 atom stereocenters. The van der Waals surface area contributed by atoms with Crippen molar-refractivity contribution >= 4 is 11.9 Å². The van der Waals surface area contributed by atoms with Crippen molar-refractivity contribution < 1.29 is 19.1 Å². The van der Waals surface area contributed by atoms with E-state index in [-0.39, 0.29) is 18.0 Å². The van der Waals surface area contributed by atoms with Gasteiger partial charge in [-0.05, 0) is 26.2 Å². The minimum Gasteiger partial charge on any atom is -0.466 e. The average molecular weight is 215 g/mol. The first-order valence-corrected chi connectivity index (χ1v) is 5.22. The summed E-state index contributed by atoms with van der Waals surface area (Å²) < 4.78 is 9.88. The molecule has 4 nitrogen and oxygen atoms in total. The van der Waals surface area contributed by atoms with Crippen LogP contribution >= 0.6 is 0 Å². The molecule has 0 heterocycles. The molecule has 0 aromatic carbocycles. The Labute approximate surface area is 90.9 Å². The minimum atomic E-state index is -0.285. The lowest BCUT2D eigenvalue weighted by Gasteiger charge is -2.15. The Morgan fingerprint density at radius 2 is 2.07 bits per heavy atom. The van der Waals surface area contributed by atoms with Crippen LogP contribution in [0.4, 0.5) is 0 Å². The molecule has 1 radical (unpaired) electrons. The van der Waals surface area contributed by atoms with E-state index >= 15 is 0 Å². The van der Waals surface area contributed by atoms with Crippen LogP contribution in [0.25, 0.3) is 0 Å². The maximum absolute atomic E-state index is 11.0. The van der Waals surface area contributed by atoms with Gasteiger partial charge in [0.25, 0.3) is 0 Å². The number of carbonyl (C=O) groups is 2. The van der Waals surface area contributed by atoms with Gasteiger partial charge in [0.15, 0.2) is 0 Å². The van der Waals surface area contributed by atoms with Gasteiger partial charge in [0.1, 0.15) is 6.10 Å². The molecule has 4 heteroatoms. The number of carbonyl (C=O) groups excluding carboxylic acids is 2. The Kier molecular flexibility index (Phi) is 7.68. The maximum Gasteiger partial charge on any atom is 0.305 e. The summed E-state index contributed by atoms with van der Waals surface area (Å²) in [6.07, 6.45) is 2.14. The largest absolute Gasteiger partial charge is 0.466 e. The lowest BCUT2D eigenvalue weighted by atomic mass is 10.1. The van der Waals surface area contributed by atoms with Crippen LogP contribution in [0.15, 0.2) is 0 Å². The fraction of sp³-hybridized carbons (Fsp3) is 0.727. The zero-order valence-electron chi connectivity index (χ0n) is 9.45. The van der Waals surface area contributed by atoms with Crippen molar-refractivity contribution in [1.82, 2.24) is 0 Å². The SMILES string of the molecule is [CH2]CC(CCCOC(C)=O)OC(=O)CC. The van der Waals surface area contributed by atoms with Gasteiger partial charge in [-0.25, -0.2) is 0 Å². The van der Waals surface area contributed by atoms with Gasteiger partial charge in [0.2, 0.25) is 0 Å².